The maximum absolute atomic E-state index is 10.7. The van der Waals surface area contributed by atoms with Gasteiger partial charge in [0, 0.05) is 24.2 Å². The fraction of sp³-hybridized carbons (Fsp3) is 0.571. The number of nitro benzene ring substituents is 1. The molecule has 2 rings (SSSR count). The van der Waals surface area contributed by atoms with E-state index in [1.807, 2.05) is 0 Å². The smallest absolute Gasteiger partial charge is 0.270 e. The van der Waals surface area contributed by atoms with Gasteiger partial charge in [-0.05, 0) is 37.8 Å². The molecule has 0 aromatic heterocycles. The van der Waals surface area contributed by atoms with Crippen LogP contribution in [0.25, 0.3) is 0 Å². The van der Waals surface area contributed by atoms with Gasteiger partial charge in [-0.2, -0.15) is 0 Å². The summed E-state index contributed by atoms with van der Waals surface area (Å²) in [7, 11) is 0. The lowest BCUT2D eigenvalue weighted by molar-refractivity contribution is -0.384. The third-order valence-corrected chi connectivity index (χ3v) is 3.78. The molecule has 0 aliphatic heterocycles. The normalized spacial score (nSPS) is 22.6. The molecule has 0 spiro atoms. The average molecular weight is 280 g/mol. The zero-order chi connectivity index (χ0) is 14.5. The minimum atomic E-state index is -0.472. The van der Waals surface area contributed by atoms with Gasteiger partial charge < -0.3 is 15.5 Å². The number of aliphatic hydroxyl groups is 1. The maximum atomic E-state index is 10.7. The van der Waals surface area contributed by atoms with Crippen LogP contribution in [0.3, 0.4) is 0 Å². The number of benzene rings is 1. The minimum absolute atomic E-state index is 0.0207. The number of rotatable bonds is 5. The van der Waals surface area contributed by atoms with E-state index in [2.05, 4.69) is 5.32 Å². The highest BCUT2D eigenvalue weighted by molar-refractivity contribution is 5.42. The monoisotopic (exact) mass is 280 g/mol. The van der Waals surface area contributed by atoms with Crippen LogP contribution in [0.5, 0.6) is 5.75 Å². The summed E-state index contributed by atoms with van der Waals surface area (Å²) in [6.45, 7) is 1.14. The molecular formula is C14H20N2O4. The SMILES string of the molecule is O=[N+]([O-])c1ccc(O)c(CNCC2CCCC(O)C2)c1. The van der Waals surface area contributed by atoms with Crippen LogP contribution >= 0.6 is 0 Å². The molecule has 1 fully saturated rings. The fourth-order valence-electron chi connectivity index (χ4n) is 2.69. The van der Waals surface area contributed by atoms with Gasteiger partial charge in [-0.3, -0.25) is 10.1 Å². The third kappa shape index (κ3) is 3.91. The van der Waals surface area contributed by atoms with E-state index < -0.39 is 4.92 Å². The molecule has 0 saturated heterocycles. The largest absolute Gasteiger partial charge is 0.508 e. The molecule has 2 atom stereocenters. The number of phenols is 1. The summed E-state index contributed by atoms with van der Waals surface area (Å²) in [5.41, 5.74) is 0.503. The molecule has 1 aliphatic rings. The van der Waals surface area contributed by atoms with Crippen molar-refractivity contribution in [3.8, 4) is 5.75 Å². The molecule has 110 valence electrons. The Labute approximate surface area is 117 Å². The molecule has 1 aromatic rings. The quantitative estimate of drug-likeness (QED) is 0.566. The number of hydrogen-bond donors (Lipinski definition) is 3. The van der Waals surface area contributed by atoms with E-state index in [0.29, 0.717) is 18.0 Å². The zero-order valence-corrected chi connectivity index (χ0v) is 11.3. The van der Waals surface area contributed by atoms with Crippen LogP contribution in [0, 0.1) is 16.0 Å². The fourth-order valence-corrected chi connectivity index (χ4v) is 2.69. The molecule has 0 bridgehead atoms. The van der Waals surface area contributed by atoms with E-state index in [0.717, 1.165) is 32.2 Å². The zero-order valence-electron chi connectivity index (χ0n) is 11.3. The van der Waals surface area contributed by atoms with Gasteiger partial charge in [-0.15, -0.1) is 0 Å². The molecule has 2 unspecified atom stereocenters. The average Bonchev–Trinajstić information content (AvgIpc) is 2.40. The van der Waals surface area contributed by atoms with Gasteiger partial charge in [0.15, 0.2) is 0 Å². The second kappa shape index (κ2) is 6.67. The Balaban J connectivity index is 1.87. The Morgan fingerprint density at radius 3 is 2.90 bits per heavy atom. The Bertz CT molecular complexity index is 478. The molecule has 0 amide bonds. The van der Waals surface area contributed by atoms with Crippen molar-refractivity contribution >= 4 is 5.69 Å². The van der Waals surface area contributed by atoms with Gasteiger partial charge in [0.05, 0.1) is 11.0 Å². The highest BCUT2D eigenvalue weighted by atomic mass is 16.6. The van der Waals surface area contributed by atoms with Gasteiger partial charge in [0.25, 0.3) is 5.69 Å². The Hall–Kier alpha value is -1.66. The molecule has 6 heteroatoms. The van der Waals surface area contributed by atoms with Crippen molar-refractivity contribution in [2.45, 2.75) is 38.3 Å². The molecule has 0 heterocycles. The van der Waals surface area contributed by atoms with E-state index in [1.165, 1.54) is 18.2 Å². The van der Waals surface area contributed by atoms with Crippen molar-refractivity contribution in [1.82, 2.24) is 5.32 Å². The van der Waals surface area contributed by atoms with Crippen molar-refractivity contribution in [2.24, 2.45) is 5.92 Å². The minimum Gasteiger partial charge on any atom is -0.508 e. The Morgan fingerprint density at radius 1 is 1.40 bits per heavy atom. The molecule has 1 aliphatic carbocycles. The van der Waals surface area contributed by atoms with Crippen molar-refractivity contribution in [3.05, 3.63) is 33.9 Å². The second-order valence-electron chi connectivity index (χ2n) is 5.39. The second-order valence-corrected chi connectivity index (χ2v) is 5.39. The van der Waals surface area contributed by atoms with E-state index in [9.17, 15) is 20.3 Å². The van der Waals surface area contributed by atoms with Gasteiger partial charge >= 0.3 is 0 Å². The van der Waals surface area contributed by atoms with Crippen molar-refractivity contribution in [1.29, 1.82) is 0 Å². The molecule has 1 saturated carbocycles. The first-order valence-electron chi connectivity index (χ1n) is 6.91. The standard InChI is InChI=1S/C14H20N2O4/c17-13-3-1-2-10(6-13)8-15-9-11-7-12(16(19)20)4-5-14(11)18/h4-5,7,10,13,15,17-18H,1-3,6,8-9H2. The number of nitrogens with zero attached hydrogens (tertiary/aromatic N) is 1. The first kappa shape index (κ1) is 14.7. The maximum Gasteiger partial charge on any atom is 0.270 e. The number of nitrogens with one attached hydrogen (secondary N) is 1. The Kier molecular flexibility index (Phi) is 4.92. The summed E-state index contributed by atoms with van der Waals surface area (Å²) < 4.78 is 0. The summed E-state index contributed by atoms with van der Waals surface area (Å²) in [5.74, 6) is 0.492. The van der Waals surface area contributed by atoms with Crippen LogP contribution in [-0.4, -0.2) is 27.8 Å². The van der Waals surface area contributed by atoms with Crippen LogP contribution < -0.4 is 5.32 Å². The number of non-ortho nitro benzene ring substituents is 1. The highest BCUT2D eigenvalue weighted by Gasteiger charge is 2.19. The van der Waals surface area contributed by atoms with Crippen LogP contribution in [-0.2, 0) is 6.54 Å². The molecule has 3 N–H and O–H groups in total. The predicted octanol–water partition coefficient (Wildman–Crippen LogP) is 1.94. The number of hydrogen-bond acceptors (Lipinski definition) is 5. The van der Waals surface area contributed by atoms with Crippen LogP contribution in [0.2, 0.25) is 0 Å². The van der Waals surface area contributed by atoms with Crippen LogP contribution in [0.4, 0.5) is 5.69 Å². The van der Waals surface area contributed by atoms with Gasteiger partial charge in [0.1, 0.15) is 5.75 Å². The molecular weight excluding hydrogens is 260 g/mol. The summed E-state index contributed by atoms with van der Waals surface area (Å²) in [6.07, 6.45) is 3.60. The number of phenolic OH excluding ortho intramolecular Hbond substituents is 1. The first-order valence-corrected chi connectivity index (χ1v) is 6.91. The third-order valence-electron chi connectivity index (χ3n) is 3.78. The van der Waals surface area contributed by atoms with E-state index in [4.69, 9.17) is 0 Å². The summed E-state index contributed by atoms with van der Waals surface area (Å²) in [5, 5.41) is 33.2. The van der Waals surface area contributed by atoms with E-state index in [-0.39, 0.29) is 17.5 Å². The number of nitro groups is 1. The lowest BCUT2D eigenvalue weighted by Gasteiger charge is -2.26. The lowest BCUT2D eigenvalue weighted by atomic mass is 9.87. The van der Waals surface area contributed by atoms with Crippen molar-refractivity contribution in [3.63, 3.8) is 0 Å². The van der Waals surface area contributed by atoms with E-state index >= 15 is 0 Å². The summed E-state index contributed by atoms with van der Waals surface area (Å²) >= 11 is 0. The predicted molar refractivity (Wildman–Crippen MR) is 74.4 cm³/mol. The van der Waals surface area contributed by atoms with Gasteiger partial charge in [-0.1, -0.05) is 6.42 Å². The molecule has 1 aromatic carbocycles. The first-order chi connectivity index (χ1) is 9.56. The van der Waals surface area contributed by atoms with E-state index in [1.54, 1.807) is 0 Å². The van der Waals surface area contributed by atoms with Crippen molar-refractivity contribution in [2.75, 3.05) is 6.54 Å². The highest BCUT2D eigenvalue weighted by Crippen LogP contribution is 2.25. The molecule has 20 heavy (non-hydrogen) atoms. The van der Waals surface area contributed by atoms with Crippen LogP contribution in [0.1, 0.15) is 31.2 Å². The Morgan fingerprint density at radius 2 is 2.20 bits per heavy atom. The lowest BCUT2D eigenvalue weighted by Crippen LogP contribution is -2.28. The van der Waals surface area contributed by atoms with Gasteiger partial charge in [0.2, 0.25) is 0 Å². The van der Waals surface area contributed by atoms with Crippen molar-refractivity contribution < 1.29 is 15.1 Å². The summed E-state index contributed by atoms with van der Waals surface area (Å²) in [6, 6.07) is 4.02. The summed E-state index contributed by atoms with van der Waals surface area (Å²) in [4.78, 5) is 10.2. The number of aromatic hydroxyl groups is 1. The molecule has 0 radical (unpaired) electrons. The van der Waals surface area contributed by atoms with Gasteiger partial charge in [-0.25, -0.2) is 0 Å². The number of aliphatic hydroxyl groups excluding tert-OH is 1. The molecule has 6 nitrogen and oxygen atoms in total. The topological polar surface area (TPSA) is 95.6 Å². The van der Waals surface area contributed by atoms with Crippen LogP contribution in [0.15, 0.2) is 18.2 Å².